The zero-order valence-corrected chi connectivity index (χ0v) is 7.74. The summed E-state index contributed by atoms with van der Waals surface area (Å²) in [6, 6.07) is 0.892. The van der Waals surface area contributed by atoms with E-state index >= 15 is 0 Å². The normalized spacial score (nSPS) is 32.9. The van der Waals surface area contributed by atoms with Crippen LogP contribution in [0.4, 0.5) is 0 Å². The van der Waals surface area contributed by atoms with E-state index in [2.05, 4.69) is 14.9 Å². The maximum Gasteiger partial charge on any atom is 0.0922 e. The summed E-state index contributed by atoms with van der Waals surface area (Å²) in [6.07, 6.45) is 8.02. The third-order valence-corrected chi connectivity index (χ3v) is 3.49. The Bertz CT molecular complexity index is 280. The summed E-state index contributed by atoms with van der Waals surface area (Å²) in [4.78, 5) is 9.77. The fraction of sp³-hybridized carbons (Fsp3) is 0.700. The van der Waals surface area contributed by atoms with Gasteiger partial charge in [-0.1, -0.05) is 6.42 Å². The molecule has 0 radical (unpaired) electrons. The van der Waals surface area contributed by atoms with E-state index in [1.54, 1.807) is 6.33 Å². The molecule has 3 heteroatoms. The third kappa shape index (κ3) is 1.18. The van der Waals surface area contributed by atoms with E-state index in [0.717, 1.165) is 18.5 Å². The van der Waals surface area contributed by atoms with Gasteiger partial charge >= 0.3 is 0 Å². The van der Waals surface area contributed by atoms with E-state index in [1.165, 1.54) is 31.5 Å². The number of nitrogens with one attached hydrogen (secondary N) is 1. The molecule has 1 saturated carbocycles. The first-order chi connectivity index (χ1) is 6.43. The molecule has 2 fully saturated rings. The lowest BCUT2D eigenvalue weighted by Crippen LogP contribution is -2.52. The Morgan fingerprint density at radius 2 is 2.54 bits per heavy atom. The van der Waals surface area contributed by atoms with Gasteiger partial charge in [0.1, 0.15) is 0 Å². The van der Waals surface area contributed by atoms with E-state index in [1.807, 2.05) is 6.20 Å². The zero-order valence-electron chi connectivity index (χ0n) is 7.74. The van der Waals surface area contributed by atoms with Crippen molar-refractivity contribution < 1.29 is 0 Å². The van der Waals surface area contributed by atoms with Crippen LogP contribution in [0.25, 0.3) is 0 Å². The van der Waals surface area contributed by atoms with Crippen LogP contribution in [-0.2, 0) is 6.54 Å². The Morgan fingerprint density at radius 1 is 1.54 bits per heavy atom. The van der Waals surface area contributed by atoms with Crippen molar-refractivity contribution >= 4 is 0 Å². The number of hydrogen-bond acceptors (Lipinski definition) is 2. The van der Waals surface area contributed by atoms with Gasteiger partial charge in [0.25, 0.3) is 0 Å². The molecule has 2 atom stereocenters. The number of imidazole rings is 1. The Kier molecular flexibility index (Phi) is 1.65. The second kappa shape index (κ2) is 2.84. The molecule has 0 aromatic carbocycles. The molecule has 2 unspecified atom stereocenters. The van der Waals surface area contributed by atoms with Crippen LogP contribution in [-0.4, -0.2) is 27.5 Å². The Morgan fingerprint density at radius 3 is 3.31 bits per heavy atom. The molecule has 1 saturated heterocycles. The number of fused-ring (bicyclic) bond motifs is 1. The number of nitrogens with zero attached hydrogens (tertiary/aromatic N) is 2. The first-order valence-corrected chi connectivity index (χ1v) is 5.15. The molecule has 1 N–H and O–H groups in total. The van der Waals surface area contributed by atoms with Gasteiger partial charge in [0, 0.05) is 31.0 Å². The van der Waals surface area contributed by atoms with Gasteiger partial charge in [-0.25, -0.2) is 4.98 Å². The maximum absolute atomic E-state index is 4.04. The molecule has 1 aromatic rings. The summed E-state index contributed by atoms with van der Waals surface area (Å²) in [7, 11) is 0. The summed E-state index contributed by atoms with van der Waals surface area (Å²) in [5, 5.41) is 0. The predicted molar refractivity (Wildman–Crippen MR) is 50.1 cm³/mol. The lowest BCUT2D eigenvalue weighted by atomic mass is 9.92. The van der Waals surface area contributed by atoms with Crippen molar-refractivity contribution in [3.8, 4) is 0 Å². The van der Waals surface area contributed by atoms with Crippen LogP contribution in [0.15, 0.2) is 12.5 Å². The molecular weight excluding hydrogens is 162 g/mol. The molecule has 13 heavy (non-hydrogen) atoms. The Hall–Kier alpha value is -0.830. The Balaban J connectivity index is 1.63. The van der Waals surface area contributed by atoms with Crippen molar-refractivity contribution in [2.75, 3.05) is 6.54 Å². The predicted octanol–water partition coefficient (Wildman–Crippen LogP) is 1.39. The van der Waals surface area contributed by atoms with Crippen molar-refractivity contribution in [3.05, 3.63) is 18.2 Å². The molecule has 3 rings (SSSR count). The average molecular weight is 177 g/mol. The third-order valence-electron chi connectivity index (χ3n) is 3.49. The molecule has 70 valence electrons. The first kappa shape index (κ1) is 7.56. The van der Waals surface area contributed by atoms with Crippen molar-refractivity contribution in [2.45, 2.75) is 31.8 Å². The highest BCUT2D eigenvalue weighted by atomic mass is 15.2. The maximum atomic E-state index is 4.04. The number of aromatic amines is 1. The zero-order chi connectivity index (χ0) is 8.67. The highest BCUT2D eigenvalue weighted by Crippen LogP contribution is 2.39. The fourth-order valence-electron chi connectivity index (χ4n) is 2.78. The van der Waals surface area contributed by atoms with Crippen LogP contribution < -0.4 is 0 Å². The molecule has 1 aliphatic carbocycles. The minimum Gasteiger partial charge on any atom is -0.347 e. The summed E-state index contributed by atoms with van der Waals surface area (Å²) in [5.74, 6) is 1.02. The minimum absolute atomic E-state index is 0.892. The number of aromatic nitrogens is 2. The molecular formula is C10H15N3. The van der Waals surface area contributed by atoms with Crippen molar-refractivity contribution in [1.29, 1.82) is 0 Å². The van der Waals surface area contributed by atoms with E-state index in [4.69, 9.17) is 0 Å². The molecule has 1 aliphatic heterocycles. The van der Waals surface area contributed by atoms with Crippen LogP contribution >= 0.6 is 0 Å². The SMILES string of the molecule is c1ncc(CN2CC3CCCC32)[nH]1. The van der Waals surface area contributed by atoms with E-state index in [9.17, 15) is 0 Å². The van der Waals surface area contributed by atoms with E-state index < -0.39 is 0 Å². The summed E-state index contributed by atoms with van der Waals surface area (Å²) >= 11 is 0. The molecule has 2 heterocycles. The monoisotopic (exact) mass is 177 g/mol. The van der Waals surface area contributed by atoms with Crippen LogP contribution in [0.2, 0.25) is 0 Å². The quantitative estimate of drug-likeness (QED) is 0.740. The lowest BCUT2D eigenvalue weighted by molar-refractivity contribution is 0.0295. The number of H-pyrrole nitrogens is 1. The second-order valence-electron chi connectivity index (χ2n) is 4.26. The second-order valence-corrected chi connectivity index (χ2v) is 4.26. The van der Waals surface area contributed by atoms with Crippen molar-refractivity contribution in [3.63, 3.8) is 0 Å². The van der Waals surface area contributed by atoms with Gasteiger partial charge in [0.2, 0.25) is 0 Å². The lowest BCUT2D eigenvalue weighted by Gasteiger charge is -2.44. The van der Waals surface area contributed by atoms with Crippen LogP contribution in [0.3, 0.4) is 0 Å². The van der Waals surface area contributed by atoms with Crippen LogP contribution in [0.1, 0.15) is 25.0 Å². The number of likely N-dealkylation sites (tertiary alicyclic amines) is 1. The summed E-state index contributed by atoms with van der Waals surface area (Å²) < 4.78 is 0. The van der Waals surface area contributed by atoms with Crippen molar-refractivity contribution in [2.24, 2.45) is 5.92 Å². The van der Waals surface area contributed by atoms with Gasteiger partial charge in [0.15, 0.2) is 0 Å². The van der Waals surface area contributed by atoms with E-state index in [-0.39, 0.29) is 0 Å². The highest BCUT2D eigenvalue weighted by Gasteiger charge is 2.41. The minimum atomic E-state index is 0.892. The molecule has 0 bridgehead atoms. The van der Waals surface area contributed by atoms with Crippen molar-refractivity contribution in [1.82, 2.24) is 14.9 Å². The first-order valence-electron chi connectivity index (χ1n) is 5.15. The molecule has 1 aromatic heterocycles. The van der Waals surface area contributed by atoms with Crippen LogP contribution in [0, 0.1) is 5.92 Å². The molecule has 0 spiro atoms. The van der Waals surface area contributed by atoms with Gasteiger partial charge < -0.3 is 4.98 Å². The largest absolute Gasteiger partial charge is 0.347 e. The summed E-state index contributed by atoms with van der Waals surface area (Å²) in [5.41, 5.74) is 1.25. The average Bonchev–Trinajstić information content (AvgIpc) is 2.69. The van der Waals surface area contributed by atoms with Crippen LogP contribution in [0.5, 0.6) is 0 Å². The van der Waals surface area contributed by atoms with Gasteiger partial charge in [-0.2, -0.15) is 0 Å². The number of rotatable bonds is 2. The van der Waals surface area contributed by atoms with Gasteiger partial charge in [-0.15, -0.1) is 0 Å². The fourth-order valence-corrected chi connectivity index (χ4v) is 2.78. The van der Waals surface area contributed by atoms with Gasteiger partial charge in [-0.05, 0) is 18.8 Å². The van der Waals surface area contributed by atoms with E-state index in [0.29, 0.717) is 0 Å². The molecule has 2 aliphatic rings. The molecule has 3 nitrogen and oxygen atoms in total. The standard InChI is InChI=1S/C10H15N3/c1-2-8-5-13(10(8)3-1)6-9-4-11-7-12-9/h4,7-8,10H,1-3,5-6H2,(H,11,12). The highest BCUT2D eigenvalue weighted by molar-refractivity contribution is 5.01. The topological polar surface area (TPSA) is 31.9 Å². The summed E-state index contributed by atoms with van der Waals surface area (Å²) in [6.45, 7) is 2.38. The number of hydrogen-bond donors (Lipinski definition) is 1. The smallest absolute Gasteiger partial charge is 0.0922 e. The molecule has 0 amide bonds. The van der Waals surface area contributed by atoms with Gasteiger partial charge in [0.05, 0.1) is 6.33 Å². The van der Waals surface area contributed by atoms with Gasteiger partial charge in [-0.3, -0.25) is 4.90 Å². The Labute approximate surface area is 78.2 Å².